The smallest absolute Gasteiger partial charge is 0.338 e. The van der Waals surface area contributed by atoms with Crippen molar-refractivity contribution in [2.75, 3.05) is 11.9 Å². The van der Waals surface area contributed by atoms with E-state index in [4.69, 9.17) is 21.1 Å². The van der Waals surface area contributed by atoms with E-state index in [0.29, 0.717) is 22.9 Å². The minimum Gasteiger partial charge on any atom is -0.494 e. The third kappa shape index (κ3) is 4.99. The molecule has 2 aromatic rings. The van der Waals surface area contributed by atoms with Crippen LogP contribution in [-0.2, 0) is 9.53 Å². The fraction of sp³-hybridized carbons (Fsp3) is 0.222. The number of hydrogen-bond acceptors (Lipinski definition) is 4. The Morgan fingerprint density at radius 3 is 2.50 bits per heavy atom. The van der Waals surface area contributed by atoms with E-state index in [1.165, 1.54) is 13.0 Å². The van der Waals surface area contributed by atoms with Crippen molar-refractivity contribution >= 4 is 29.2 Å². The highest BCUT2D eigenvalue weighted by molar-refractivity contribution is 6.30. The molecule has 0 aliphatic rings. The minimum absolute atomic E-state index is 0.295. The maximum Gasteiger partial charge on any atom is 0.338 e. The monoisotopic (exact) mass is 347 g/mol. The van der Waals surface area contributed by atoms with Crippen LogP contribution >= 0.6 is 11.6 Å². The van der Waals surface area contributed by atoms with Crippen LogP contribution < -0.4 is 10.1 Å². The summed E-state index contributed by atoms with van der Waals surface area (Å²) in [5.74, 6) is -0.308. The largest absolute Gasteiger partial charge is 0.494 e. The summed E-state index contributed by atoms with van der Waals surface area (Å²) in [6.07, 6.45) is -0.942. The number of carbonyl (C=O) groups excluding carboxylic acids is 2. The number of benzene rings is 2. The van der Waals surface area contributed by atoms with Crippen molar-refractivity contribution in [3.8, 4) is 5.75 Å². The first-order chi connectivity index (χ1) is 11.5. The van der Waals surface area contributed by atoms with Gasteiger partial charge >= 0.3 is 5.97 Å². The van der Waals surface area contributed by atoms with Crippen LogP contribution in [0.15, 0.2) is 48.5 Å². The Kier molecular flexibility index (Phi) is 6.21. The molecule has 0 aromatic heterocycles. The van der Waals surface area contributed by atoms with Gasteiger partial charge in [0.1, 0.15) is 5.75 Å². The van der Waals surface area contributed by atoms with E-state index in [1.54, 1.807) is 42.5 Å². The van der Waals surface area contributed by atoms with Crippen LogP contribution in [-0.4, -0.2) is 24.6 Å². The van der Waals surface area contributed by atoms with E-state index >= 15 is 0 Å². The fourth-order valence-corrected chi connectivity index (χ4v) is 2.13. The summed E-state index contributed by atoms with van der Waals surface area (Å²) in [6, 6.07) is 13.3. The fourth-order valence-electron chi connectivity index (χ4n) is 1.94. The summed E-state index contributed by atoms with van der Waals surface area (Å²) in [5.41, 5.74) is 0.886. The number of esters is 1. The number of carbonyl (C=O) groups is 2. The molecule has 1 amide bonds. The molecule has 0 spiro atoms. The number of nitrogens with one attached hydrogen (secondary N) is 1. The highest BCUT2D eigenvalue weighted by atomic mass is 35.5. The SMILES string of the molecule is CCOc1ccc(NC(=O)C(C)OC(=O)c2cccc(Cl)c2)cc1. The number of halogens is 1. The molecule has 24 heavy (non-hydrogen) atoms. The summed E-state index contributed by atoms with van der Waals surface area (Å²) >= 11 is 5.83. The highest BCUT2D eigenvalue weighted by Gasteiger charge is 2.19. The molecule has 1 unspecified atom stereocenters. The van der Waals surface area contributed by atoms with E-state index in [2.05, 4.69) is 5.32 Å². The van der Waals surface area contributed by atoms with Crippen LogP contribution in [0.1, 0.15) is 24.2 Å². The maximum atomic E-state index is 12.1. The van der Waals surface area contributed by atoms with E-state index in [0.717, 1.165) is 5.75 Å². The minimum atomic E-state index is -0.942. The summed E-state index contributed by atoms with van der Waals surface area (Å²) in [4.78, 5) is 24.1. The molecule has 6 heteroatoms. The highest BCUT2D eigenvalue weighted by Crippen LogP contribution is 2.16. The van der Waals surface area contributed by atoms with Crippen LogP contribution in [0.2, 0.25) is 5.02 Å². The lowest BCUT2D eigenvalue weighted by Gasteiger charge is -2.14. The van der Waals surface area contributed by atoms with Gasteiger partial charge in [-0.2, -0.15) is 0 Å². The van der Waals surface area contributed by atoms with Gasteiger partial charge in [-0.05, 0) is 56.3 Å². The van der Waals surface area contributed by atoms with Crippen LogP contribution in [0.3, 0.4) is 0 Å². The van der Waals surface area contributed by atoms with Gasteiger partial charge in [0.25, 0.3) is 5.91 Å². The Labute approximate surface area is 145 Å². The third-order valence-corrected chi connectivity index (χ3v) is 3.38. The molecule has 0 heterocycles. The molecule has 5 nitrogen and oxygen atoms in total. The van der Waals surface area contributed by atoms with Gasteiger partial charge in [-0.3, -0.25) is 4.79 Å². The molecule has 0 radical (unpaired) electrons. The molecule has 0 bridgehead atoms. The predicted octanol–water partition coefficient (Wildman–Crippen LogP) is 3.92. The zero-order chi connectivity index (χ0) is 17.5. The van der Waals surface area contributed by atoms with Gasteiger partial charge in [-0.25, -0.2) is 4.79 Å². The third-order valence-electron chi connectivity index (χ3n) is 3.15. The molecule has 0 saturated heterocycles. The molecule has 0 fully saturated rings. The van der Waals surface area contributed by atoms with Crippen molar-refractivity contribution in [3.05, 3.63) is 59.1 Å². The molecule has 1 atom stereocenters. The molecule has 2 aromatic carbocycles. The number of anilines is 1. The normalized spacial score (nSPS) is 11.5. The number of ether oxygens (including phenoxy) is 2. The Balaban J connectivity index is 1.93. The van der Waals surface area contributed by atoms with E-state index in [-0.39, 0.29) is 0 Å². The Hall–Kier alpha value is -2.53. The van der Waals surface area contributed by atoms with Crippen molar-refractivity contribution in [1.82, 2.24) is 0 Å². The van der Waals surface area contributed by atoms with Gasteiger partial charge < -0.3 is 14.8 Å². The lowest BCUT2D eigenvalue weighted by Crippen LogP contribution is -2.30. The Bertz CT molecular complexity index is 715. The average Bonchev–Trinajstić information content (AvgIpc) is 2.56. The lowest BCUT2D eigenvalue weighted by molar-refractivity contribution is -0.123. The van der Waals surface area contributed by atoms with Crippen molar-refractivity contribution in [2.45, 2.75) is 20.0 Å². The molecule has 0 aliphatic heterocycles. The lowest BCUT2D eigenvalue weighted by atomic mass is 10.2. The number of amides is 1. The summed E-state index contributed by atoms with van der Waals surface area (Å²) in [6.45, 7) is 3.97. The summed E-state index contributed by atoms with van der Waals surface area (Å²) < 4.78 is 10.5. The van der Waals surface area contributed by atoms with Crippen LogP contribution in [0.25, 0.3) is 0 Å². The molecular weight excluding hydrogens is 330 g/mol. The summed E-state index contributed by atoms with van der Waals surface area (Å²) in [5, 5.41) is 3.11. The Morgan fingerprint density at radius 1 is 1.17 bits per heavy atom. The Morgan fingerprint density at radius 2 is 1.88 bits per heavy atom. The molecule has 1 N–H and O–H groups in total. The van der Waals surface area contributed by atoms with Crippen molar-refractivity contribution in [1.29, 1.82) is 0 Å². The first-order valence-corrected chi connectivity index (χ1v) is 7.87. The van der Waals surface area contributed by atoms with E-state index in [1.807, 2.05) is 6.92 Å². The first-order valence-electron chi connectivity index (χ1n) is 7.50. The van der Waals surface area contributed by atoms with Gasteiger partial charge in [0, 0.05) is 10.7 Å². The van der Waals surface area contributed by atoms with E-state index in [9.17, 15) is 9.59 Å². The standard InChI is InChI=1S/C18H18ClNO4/c1-3-23-16-9-7-15(8-10-16)20-17(21)12(2)24-18(22)13-5-4-6-14(19)11-13/h4-12H,3H2,1-2H3,(H,20,21). The molecule has 126 valence electrons. The topological polar surface area (TPSA) is 64.6 Å². The second-order valence-electron chi connectivity index (χ2n) is 5.00. The molecule has 0 saturated carbocycles. The van der Waals surface area contributed by atoms with Crippen molar-refractivity contribution in [2.24, 2.45) is 0 Å². The van der Waals surface area contributed by atoms with Gasteiger partial charge in [-0.1, -0.05) is 17.7 Å². The van der Waals surface area contributed by atoms with Gasteiger partial charge in [0.15, 0.2) is 6.10 Å². The molecule has 0 aliphatic carbocycles. The van der Waals surface area contributed by atoms with Gasteiger partial charge in [0.2, 0.25) is 0 Å². The van der Waals surface area contributed by atoms with Crippen molar-refractivity contribution < 1.29 is 19.1 Å². The molecular formula is C18H18ClNO4. The second kappa shape index (κ2) is 8.36. The summed E-state index contributed by atoms with van der Waals surface area (Å²) in [7, 11) is 0. The zero-order valence-electron chi connectivity index (χ0n) is 13.4. The second-order valence-corrected chi connectivity index (χ2v) is 5.44. The average molecular weight is 348 g/mol. The number of rotatable bonds is 6. The van der Waals surface area contributed by atoms with Crippen LogP contribution in [0.4, 0.5) is 5.69 Å². The predicted molar refractivity (Wildman–Crippen MR) is 92.6 cm³/mol. The zero-order valence-corrected chi connectivity index (χ0v) is 14.2. The quantitative estimate of drug-likeness (QED) is 0.804. The molecule has 2 rings (SSSR count). The van der Waals surface area contributed by atoms with E-state index < -0.39 is 18.0 Å². The van der Waals surface area contributed by atoms with Gasteiger partial charge in [-0.15, -0.1) is 0 Å². The van der Waals surface area contributed by atoms with Crippen LogP contribution in [0, 0.1) is 0 Å². The number of hydrogen-bond donors (Lipinski definition) is 1. The maximum absolute atomic E-state index is 12.1. The first kappa shape index (κ1) is 17.8. The van der Waals surface area contributed by atoms with Crippen LogP contribution in [0.5, 0.6) is 5.75 Å². The van der Waals surface area contributed by atoms with Crippen molar-refractivity contribution in [3.63, 3.8) is 0 Å². The van der Waals surface area contributed by atoms with Gasteiger partial charge in [0.05, 0.1) is 12.2 Å².